The summed E-state index contributed by atoms with van der Waals surface area (Å²) >= 11 is 0. The van der Waals surface area contributed by atoms with Crippen molar-refractivity contribution in [3.63, 3.8) is 0 Å². The highest BCUT2D eigenvalue weighted by Crippen LogP contribution is 2.30. The Morgan fingerprint density at radius 3 is 2.53 bits per heavy atom. The van der Waals surface area contributed by atoms with Gasteiger partial charge >= 0.3 is 0 Å². The van der Waals surface area contributed by atoms with Crippen molar-refractivity contribution < 1.29 is 0 Å². The van der Waals surface area contributed by atoms with Crippen LogP contribution in [0, 0.1) is 11.8 Å². The fourth-order valence-electron chi connectivity index (χ4n) is 3.51. The maximum atomic E-state index is 3.56. The van der Waals surface area contributed by atoms with Gasteiger partial charge in [0, 0.05) is 18.6 Å². The first-order chi connectivity index (χ1) is 9.08. The monoisotopic (exact) mass is 268 g/mol. The first-order valence-electron chi connectivity index (χ1n) is 8.49. The van der Waals surface area contributed by atoms with Crippen molar-refractivity contribution in [1.82, 2.24) is 10.2 Å². The van der Waals surface area contributed by atoms with Crippen LogP contribution in [0.5, 0.6) is 0 Å². The highest BCUT2D eigenvalue weighted by atomic mass is 15.1. The number of hydrogen-bond acceptors (Lipinski definition) is 2. The predicted octanol–water partition coefficient (Wildman–Crippen LogP) is 3.91. The Morgan fingerprint density at radius 1 is 1.21 bits per heavy atom. The van der Waals surface area contributed by atoms with E-state index < -0.39 is 0 Å². The summed E-state index contributed by atoms with van der Waals surface area (Å²) in [5.74, 6) is 1.76. The molecule has 0 saturated heterocycles. The maximum absolute atomic E-state index is 3.56. The maximum Gasteiger partial charge on any atom is 0.0105 e. The number of nitrogens with one attached hydrogen (secondary N) is 1. The van der Waals surface area contributed by atoms with E-state index in [4.69, 9.17) is 0 Å². The molecule has 19 heavy (non-hydrogen) atoms. The molecule has 0 amide bonds. The Hall–Kier alpha value is -0.0800. The molecular weight excluding hydrogens is 232 g/mol. The SMILES string of the molecule is CCCCCN(CC1CC(C)CCC1NC)C(C)C. The quantitative estimate of drug-likeness (QED) is 0.671. The topological polar surface area (TPSA) is 15.3 Å². The van der Waals surface area contributed by atoms with Gasteiger partial charge in [0.05, 0.1) is 0 Å². The summed E-state index contributed by atoms with van der Waals surface area (Å²) < 4.78 is 0. The molecule has 1 saturated carbocycles. The van der Waals surface area contributed by atoms with Gasteiger partial charge in [-0.05, 0) is 65.0 Å². The lowest BCUT2D eigenvalue weighted by Crippen LogP contribution is -2.46. The highest BCUT2D eigenvalue weighted by Gasteiger charge is 2.29. The molecule has 114 valence electrons. The summed E-state index contributed by atoms with van der Waals surface area (Å²) in [5.41, 5.74) is 0. The van der Waals surface area contributed by atoms with Gasteiger partial charge in [0.15, 0.2) is 0 Å². The number of hydrogen-bond donors (Lipinski definition) is 1. The molecular formula is C17H36N2. The van der Waals surface area contributed by atoms with Crippen molar-refractivity contribution in [2.45, 2.75) is 78.3 Å². The van der Waals surface area contributed by atoms with Crippen LogP contribution in [0.2, 0.25) is 0 Å². The molecule has 0 radical (unpaired) electrons. The van der Waals surface area contributed by atoms with Crippen LogP contribution in [0.4, 0.5) is 0 Å². The van der Waals surface area contributed by atoms with Crippen LogP contribution >= 0.6 is 0 Å². The standard InChI is InChI=1S/C17H36N2/c1-6-7-8-11-19(14(2)3)13-16-12-15(4)9-10-17(16)18-5/h14-18H,6-13H2,1-5H3. The molecule has 3 atom stereocenters. The number of rotatable bonds is 8. The molecule has 1 rings (SSSR count). The van der Waals surface area contributed by atoms with Crippen molar-refractivity contribution in [2.75, 3.05) is 20.1 Å². The van der Waals surface area contributed by atoms with Crippen LogP contribution in [0.25, 0.3) is 0 Å². The molecule has 1 fully saturated rings. The van der Waals surface area contributed by atoms with Gasteiger partial charge in [-0.25, -0.2) is 0 Å². The van der Waals surface area contributed by atoms with Gasteiger partial charge in [0.25, 0.3) is 0 Å². The highest BCUT2D eigenvalue weighted by molar-refractivity contribution is 4.85. The zero-order valence-corrected chi connectivity index (χ0v) is 13.9. The van der Waals surface area contributed by atoms with E-state index in [-0.39, 0.29) is 0 Å². The summed E-state index contributed by atoms with van der Waals surface area (Å²) in [4.78, 5) is 2.71. The molecule has 1 N–H and O–H groups in total. The predicted molar refractivity (Wildman–Crippen MR) is 85.6 cm³/mol. The van der Waals surface area contributed by atoms with Crippen molar-refractivity contribution in [2.24, 2.45) is 11.8 Å². The average molecular weight is 268 g/mol. The molecule has 0 bridgehead atoms. The minimum Gasteiger partial charge on any atom is -0.317 e. The Kier molecular flexibility index (Phi) is 8.01. The molecule has 1 aliphatic rings. The molecule has 0 heterocycles. The van der Waals surface area contributed by atoms with E-state index in [1.165, 1.54) is 51.6 Å². The summed E-state index contributed by atoms with van der Waals surface area (Å²) in [6.07, 6.45) is 8.23. The molecule has 0 aliphatic heterocycles. The van der Waals surface area contributed by atoms with E-state index in [0.29, 0.717) is 6.04 Å². The van der Waals surface area contributed by atoms with Crippen LogP contribution < -0.4 is 5.32 Å². The largest absolute Gasteiger partial charge is 0.317 e. The minimum atomic E-state index is 0.687. The lowest BCUT2D eigenvalue weighted by Gasteiger charge is -2.39. The van der Waals surface area contributed by atoms with Crippen LogP contribution in [0.1, 0.15) is 66.2 Å². The van der Waals surface area contributed by atoms with Crippen molar-refractivity contribution in [1.29, 1.82) is 0 Å². The van der Waals surface area contributed by atoms with Gasteiger partial charge in [-0.3, -0.25) is 0 Å². The fourth-order valence-corrected chi connectivity index (χ4v) is 3.51. The normalized spacial score (nSPS) is 28.3. The van der Waals surface area contributed by atoms with Gasteiger partial charge < -0.3 is 10.2 Å². The van der Waals surface area contributed by atoms with Gasteiger partial charge in [0.2, 0.25) is 0 Å². The summed E-state index contributed by atoms with van der Waals surface area (Å²) in [6, 6.07) is 1.43. The number of unbranched alkanes of at least 4 members (excludes halogenated alkanes) is 2. The zero-order valence-electron chi connectivity index (χ0n) is 13.9. The molecule has 0 spiro atoms. The molecule has 0 aromatic carbocycles. The summed E-state index contributed by atoms with van der Waals surface area (Å²) in [5, 5.41) is 3.56. The first-order valence-corrected chi connectivity index (χ1v) is 8.49. The van der Waals surface area contributed by atoms with Gasteiger partial charge in [0.1, 0.15) is 0 Å². The van der Waals surface area contributed by atoms with Crippen LogP contribution in [-0.2, 0) is 0 Å². The van der Waals surface area contributed by atoms with E-state index in [0.717, 1.165) is 17.9 Å². The van der Waals surface area contributed by atoms with Gasteiger partial charge in [-0.1, -0.05) is 26.7 Å². The third kappa shape index (κ3) is 5.83. The van der Waals surface area contributed by atoms with Crippen molar-refractivity contribution >= 4 is 0 Å². The second-order valence-electron chi connectivity index (χ2n) is 6.87. The third-order valence-corrected chi connectivity index (χ3v) is 4.86. The zero-order chi connectivity index (χ0) is 14.3. The molecule has 0 aromatic rings. The van der Waals surface area contributed by atoms with Crippen molar-refractivity contribution in [3.05, 3.63) is 0 Å². The van der Waals surface area contributed by atoms with Crippen LogP contribution in [0.15, 0.2) is 0 Å². The summed E-state index contributed by atoms with van der Waals surface area (Å²) in [7, 11) is 2.14. The van der Waals surface area contributed by atoms with Crippen LogP contribution in [-0.4, -0.2) is 37.1 Å². The Bertz CT molecular complexity index is 227. The average Bonchev–Trinajstić information content (AvgIpc) is 2.38. The Labute approximate surface area is 121 Å². The summed E-state index contributed by atoms with van der Waals surface area (Å²) in [6.45, 7) is 12.0. The lowest BCUT2D eigenvalue weighted by atomic mass is 9.78. The second kappa shape index (κ2) is 8.97. The fraction of sp³-hybridized carbons (Fsp3) is 1.00. The van der Waals surface area contributed by atoms with E-state index in [9.17, 15) is 0 Å². The van der Waals surface area contributed by atoms with E-state index in [2.05, 4.69) is 45.0 Å². The Balaban J connectivity index is 2.49. The molecule has 1 aliphatic carbocycles. The van der Waals surface area contributed by atoms with Gasteiger partial charge in [-0.2, -0.15) is 0 Å². The smallest absolute Gasteiger partial charge is 0.0105 e. The first kappa shape index (κ1) is 17.0. The molecule has 3 unspecified atom stereocenters. The number of nitrogens with zero attached hydrogens (tertiary/aromatic N) is 1. The minimum absolute atomic E-state index is 0.687. The molecule has 2 nitrogen and oxygen atoms in total. The third-order valence-electron chi connectivity index (χ3n) is 4.86. The second-order valence-corrected chi connectivity index (χ2v) is 6.87. The molecule has 2 heteroatoms. The Morgan fingerprint density at radius 2 is 1.95 bits per heavy atom. The van der Waals surface area contributed by atoms with E-state index in [1.807, 2.05) is 0 Å². The van der Waals surface area contributed by atoms with E-state index in [1.54, 1.807) is 0 Å². The lowest BCUT2D eigenvalue weighted by molar-refractivity contribution is 0.125. The van der Waals surface area contributed by atoms with E-state index >= 15 is 0 Å². The van der Waals surface area contributed by atoms with Gasteiger partial charge in [-0.15, -0.1) is 0 Å². The molecule has 0 aromatic heterocycles. The van der Waals surface area contributed by atoms with Crippen LogP contribution in [0.3, 0.4) is 0 Å². The van der Waals surface area contributed by atoms with Crippen molar-refractivity contribution in [3.8, 4) is 0 Å².